The molecule has 0 radical (unpaired) electrons. The Kier molecular flexibility index (Phi) is 4.04. The zero-order valence-corrected chi connectivity index (χ0v) is 14.2. The number of aromatic amines is 1. The molecule has 7 nitrogen and oxygen atoms in total. The first kappa shape index (κ1) is 16.1. The summed E-state index contributed by atoms with van der Waals surface area (Å²) in [6.45, 7) is 0.351. The van der Waals surface area contributed by atoms with Crippen molar-refractivity contribution in [2.24, 2.45) is 5.92 Å². The van der Waals surface area contributed by atoms with Crippen LogP contribution >= 0.6 is 0 Å². The fraction of sp³-hybridized carbons (Fsp3) is 0.211. The van der Waals surface area contributed by atoms with E-state index in [1.807, 2.05) is 30.3 Å². The third-order valence-corrected chi connectivity index (χ3v) is 4.55. The van der Waals surface area contributed by atoms with Gasteiger partial charge < -0.3 is 19.9 Å². The Morgan fingerprint density at radius 1 is 1.31 bits per heavy atom. The molecule has 2 amide bonds. The highest BCUT2D eigenvalue weighted by molar-refractivity contribution is 6.04. The average Bonchev–Trinajstić information content (AvgIpc) is 3.27. The second-order valence-corrected chi connectivity index (χ2v) is 6.23. The average molecular weight is 350 g/mol. The Labute approximate surface area is 150 Å². The van der Waals surface area contributed by atoms with Gasteiger partial charge in [0, 0.05) is 30.4 Å². The fourth-order valence-electron chi connectivity index (χ4n) is 3.17. The summed E-state index contributed by atoms with van der Waals surface area (Å²) in [6.07, 6.45) is 1.80. The first-order valence-corrected chi connectivity index (χ1v) is 8.32. The number of methoxy groups -OCH3 is 1. The molecule has 1 fully saturated rings. The van der Waals surface area contributed by atoms with Gasteiger partial charge in [-0.1, -0.05) is 6.07 Å². The first-order valence-electron chi connectivity index (χ1n) is 8.32. The monoisotopic (exact) mass is 350 g/mol. The Morgan fingerprint density at radius 3 is 3.04 bits per heavy atom. The number of imidazole rings is 1. The molecular weight excluding hydrogens is 332 g/mol. The highest BCUT2D eigenvalue weighted by Gasteiger charge is 2.35. The van der Waals surface area contributed by atoms with Gasteiger partial charge in [-0.3, -0.25) is 9.59 Å². The smallest absolute Gasteiger partial charge is 0.229 e. The van der Waals surface area contributed by atoms with Crippen molar-refractivity contribution in [2.45, 2.75) is 6.42 Å². The number of hydrogen-bond donors (Lipinski definition) is 2. The van der Waals surface area contributed by atoms with Crippen LogP contribution in [0.1, 0.15) is 6.42 Å². The van der Waals surface area contributed by atoms with Crippen LogP contribution in [0.4, 0.5) is 11.4 Å². The molecule has 0 aliphatic carbocycles. The van der Waals surface area contributed by atoms with E-state index in [1.54, 1.807) is 30.5 Å². The number of nitrogens with zero attached hydrogens (tertiary/aromatic N) is 2. The molecule has 1 saturated heterocycles. The van der Waals surface area contributed by atoms with Gasteiger partial charge in [0.25, 0.3) is 0 Å². The van der Waals surface area contributed by atoms with Gasteiger partial charge in [0.2, 0.25) is 11.8 Å². The molecule has 2 aromatic carbocycles. The molecule has 4 rings (SSSR count). The topological polar surface area (TPSA) is 87.3 Å². The molecule has 2 N–H and O–H groups in total. The summed E-state index contributed by atoms with van der Waals surface area (Å²) in [5.41, 5.74) is 3.11. The van der Waals surface area contributed by atoms with Gasteiger partial charge in [0.1, 0.15) is 5.75 Å². The Balaban J connectivity index is 1.47. The lowest BCUT2D eigenvalue weighted by atomic mass is 10.1. The molecule has 1 aromatic heterocycles. The normalized spacial score (nSPS) is 16.9. The van der Waals surface area contributed by atoms with Gasteiger partial charge in [0.15, 0.2) is 0 Å². The predicted molar refractivity (Wildman–Crippen MR) is 98.2 cm³/mol. The molecule has 1 atom stereocenters. The number of ether oxygens (including phenoxy) is 1. The lowest BCUT2D eigenvalue weighted by Gasteiger charge is -2.17. The number of carbonyl (C=O) groups is 2. The molecule has 3 aromatic rings. The highest BCUT2D eigenvalue weighted by Crippen LogP contribution is 2.28. The number of fused-ring (bicyclic) bond motifs is 1. The number of benzene rings is 2. The van der Waals surface area contributed by atoms with Gasteiger partial charge in [0.05, 0.1) is 30.4 Å². The maximum atomic E-state index is 12.6. The minimum atomic E-state index is -0.397. The van der Waals surface area contributed by atoms with E-state index in [0.29, 0.717) is 18.0 Å². The minimum Gasteiger partial charge on any atom is -0.497 e. The maximum absolute atomic E-state index is 12.6. The summed E-state index contributed by atoms with van der Waals surface area (Å²) in [5, 5.41) is 2.89. The SMILES string of the molecule is COc1cccc(N2CC(C(=O)Nc3ccc4nc[nH]c4c3)CC2=O)c1. The fourth-order valence-corrected chi connectivity index (χ4v) is 3.17. The van der Waals surface area contributed by atoms with Crippen LogP contribution in [0, 0.1) is 5.92 Å². The number of rotatable bonds is 4. The highest BCUT2D eigenvalue weighted by atomic mass is 16.5. The second kappa shape index (κ2) is 6.51. The Hall–Kier alpha value is -3.35. The van der Waals surface area contributed by atoms with Crippen LogP contribution in [0.3, 0.4) is 0 Å². The number of carbonyl (C=O) groups excluding carboxylic acids is 2. The van der Waals surface area contributed by atoms with E-state index in [4.69, 9.17) is 4.74 Å². The molecule has 1 aliphatic rings. The third kappa shape index (κ3) is 2.99. The van der Waals surface area contributed by atoms with Gasteiger partial charge in [-0.05, 0) is 30.3 Å². The Bertz CT molecular complexity index is 982. The van der Waals surface area contributed by atoms with E-state index >= 15 is 0 Å². The van der Waals surface area contributed by atoms with Crippen LogP contribution in [0.15, 0.2) is 48.8 Å². The quantitative estimate of drug-likeness (QED) is 0.757. The molecule has 1 aliphatic heterocycles. The molecule has 0 bridgehead atoms. The van der Waals surface area contributed by atoms with E-state index in [9.17, 15) is 9.59 Å². The van der Waals surface area contributed by atoms with Crippen molar-refractivity contribution >= 4 is 34.2 Å². The van der Waals surface area contributed by atoms with Crippen molar-refractivity contribution in [1.29, 1.82) is 0 Å². The number of aromatic nitrogens is 2. The van der Waals surface area contributed by atoms with Gasteiger partial charge in [-0.15, -0.1) is 0 Å². The number of amides is 2. The van der Waals surface area contributed by atoms with Crippen LogP contribution < -0.4 is 15.0 Å². The maximum Gasteiger partial charge on any atom is 0.229 e. The number of H-pyrrole nitrogens is 1. The van der Waals surface area contributed by atoms with Crippen LogP contribution in [0.25, 0.3) is 11.0 Å². The summed E-state index contributed by atoms with van der Waals surface area (Å²) in [4.78, 5) is 33.8. The lowest BCUT2D eigenvalue weighted by Crippen LogP contribution is -2.28. The molecular formula is C19H18N4O3. The van der Waals surface area contributed by atoms with Gasteiger partial charge in [-0.2, -0.15) is 0 Å². The molecule has 132 valence electrons. The van der Waals surface area contributed by atoms with Gasteiger partial charge in [-0.25, -0.2) is 4.98 Å². The summed E-state index contributed by atoms with van der Waals surface area (Å²) in [5.74, 6) is 0.0484. The van der Waals surface area contributed by atoms with Crippen molar-refractivity contribution in [1.82, 2.24) is 9.97 Å². The molecule has 26 heavy (non-hydrogen) atoms. The number of hydrogen-bond acceptors (Lipinski definition) is 4. The van der Waals surface area contributed by atoms with E-state index in [0.717, 1.165) is 16.7 Å². The Morgan fingerprint density at radius 2 is 2.19 bits per heavy atom. The van der Waals surface area contributed by atoms with Crippen LogP contribution in [0.5, 0.6) is 5.75 Å². The van der Waals surface area contributed by atoms with Crippen molar-refractivity contribution in [2.75, 3.05) is 23.9 Å². The zero-order chi connectivity index (χ0) is 18.1. The van der Waals surface area contributed by atoms with Crippen LogP contribution in [0.2, 0.25) is 0 Å². The second-order valence-electron chi connectivity index (χ2n) is 6.23. The molecule has 1 unspecified atom stereocenters. The summed E-state index contributed by atoms with van der Waals surface area (Å²) >= 11 is 0. The summed E-state index contributed by atoms with van der Waals surface area (Å²) in [7, 11) is 1.58. The third-order valence-electron chi connectivity index (χ3n) is 4.55. The van der Waals surface area contributed by atoms with E-state index in [2.05, 4.69) is 15.3 Å². The van der Waals surface area contributed by atoms with Crippen molar-refractivity contribution in [3.63, 3.8) is 0 Å². The largest absolute Gasteiger partial charge is 0.497 e. The van der Waals surface area contributed by atoms with Crippen LogP contribution in [-0.4, -0.2) is 35.4 Å². The minimum absolute atomic E-state index is 0.0672. The van der Waals surface area contributed by atoms with Crippen molar-refractivity contribution in [3.05, 3.63) is 48.8 Å². The van der Waals surface area contributed by atoms with E-state index in [-0.39, 0.29) is 18.2 Å². The number of anilines is 2. The zero-order valence-electron chi connectivity index (χ0n) is 14.2. The van der Waals surface area contributed by atoms with Crippen molar-refractivity contribution < 1.29 is 14.3 Å². The first-order chi connectivity index (χ1) is 12.6. The van der Waals surface area contributed by atoms with E-state index < -0.39 is 5.92 Å². The molecule has 7 heteroatoms. The summed E-state index contributed by atoms with van der Waals surface area (Å²) < 4.78 is 5.21. The van der Waals surface area contributed by atoms with Gasteiger partial charge >= 0.3 is 0 Å². The molecule has 0 saturated carbocycles. The van der Waals surface area contributed by atoms with E-state index in [1.165, 1.54) is 0 Å². The van der Waals surface area contributed by atoms with Crippen molar-refractivity contribution in [3.8, 4) is 5.75 Å². The van der Waals surface area contributed by atoms with Crippen LogP contribution in [-0.2, 0) is 9.59 Å². The molecule has 2 heterocycles. The molecule has 0 spiro atoms. The summed E-state index contributed by atoms with van der Waals surface area (Å²) in [6, 6.07) is 12.8. The predicted octanol–water partition coefficient (Wildman–Crippen LogP) is 2.56. The number of nitrogens with one attached hydrogen (secondary N) is 2. The standard InChI is InChI=1S/C19H18N4O3/c1-26-15-4-2-3-14(9-15)23-10-12(7-18(23)24)19(25)22-13-5-6-16-17(8-13)21-11-20-16/h2-6,8-9,11-12H,7,10H2,1H3,(H,20,21)(H,22,25). The lowest BCUT2D eigenvalue weighted by molar-refractivity contribution is -0.122.